The van der Waals surface area contributed by atoms with Gasteiger partial charge in [-0.3, -0.25) is 4.79 Å². The van der Waals surface area contributed by atoms with Crippen LogP contribution in [0.4, 0.5) is 0 Å². The van der Waals surface area contributed by atoms with Gasteiger partial charge in [0, 0.05) is 18.8 Å². The monoisotopic (exact) mass is 212 g/mol. The topological polar surface area (TPSA) is 34.1 Å². The minimum absolute atomic E-state index is 0.176. The highest BCUT2D eigenvalue weighted by Gasteiger charge is 2.11. The molecule has 0 N–H and O–H groups in total. The average molecular weight is 212 g/mol. The molecule has 0 bridgehead atoms. The normalized spacial score (nSPS) is 12.8. The average Bonchev–Trinajstić information content (AvgIpc) is 2.17. The van der Waals surface area contributed by atoms with E-state index in [0.717, 1.165) is 31.5 Å². The molecular weight excluding hydrogens is 188 g/mol. The molecule has 1 atom stereocenters. The number of Topliss-reactive ketones (excluding diaryl/α,β-unsaturated/α-hetero) is 1. The van der Waals surface area contributed by atoms with E-state index in [4.69, 9.17) is 0 Å². The van der Waals surface area contributed by atoms with E-state index in [-0.39, 0.29) is 5.92 Å². The molecule has 2 heteroatoms. The third-order valence-corrected chi connectivity index (χ3v) is 2.71. The summed E-state index contributed by atoms with van der Waals surface area (Å²) in [4.78, 5) is 21.7. The predicted octanol–water partition coefficient (Wildman–Crippen LogP) is 3.39. The van der Waals surface area contributed by atoms with Crippen LogP contribution in [0.1, 0.15) is 59.3 Å². The molecule has 0 heterocycles. The fourth-order valence-electron chi connectivity index (χ4n) is 1.60. The van der Waals surface area contributed by atoms with Crippen molar-refractivity contribution in [2.45, 2.75) is 59.3 Å². The molecule has 0 spiro atoms. The Labute approximate surface area is 93.4 Å². The Morgan fingerprint density at radius 1 is 1.13 bits per heavy atom. The molecule has 0 aromatic rings. The summed E-state index contributed by atoms with van der Waals surface area (Å²) in [5.41, 5.74) is 0. The maximum absolute atomic E-state index is 11.6. The Hall–Kier alpha value is -0.660. The molecule has 0 amide bonds. The van der Waals surface area contributed by atoms with Crippen molar-refractivity contribution < 1.29 is 9.59 Å². The van der Waals surface area contributed by atoms with Gasteiger partial charge in [-0.05, 0) is 18.8 Å². The van der Waals surface area contributed by atoms with Gasteiger partial charge in [0.15, 0.2) is 0 Å². The van der Waals surface area contributed by atoms with E-state index in [9.17, 15) is 9.59 Å². The van der Waals surface area contributed by atoms with Crippen LogP contribution in [0.15, 0.2) is 0 Å². The van der Waals surface area contributed by atoms with Gasteiger partial charge in [0.25, 0.3) is 0 Å². The molecule has 2 nitrogen and oxygen atoms in total. The fraction of sp³-hybridized carbons (Fsp3) is 0.846. The van der Waals surface area contributed by atoms with Crippen LogP contribution in [0.3, 0.4) is 0 Å². The van der Waals surface area contributed by atoms with E-state index in [0.29, 0.717) is 18.6 Å². The molecule has 0 aromatic heterocycles. The summed E-state index contributed by atoms with van der Waals surface area (Å²) < 4.78 is 0. The quantitative estimate of drug-likeness (QED) is 0.433. The Morgan fingerprint density at radius 2 is 1.80 bits per heavy atom. The Balaban J connectivity index is 3.55. The van der Waals surface area contributed by atoms with E-state index < -0.39 is 0 Å². The second-order valence-corrected chi connectivity index (χ2v) is 4.75. The van der Waals surface area contributed by atoms with Gasteiger partial charge in [-0.25, -0.2) is 0 Å². The summed E-state index contributed by atoms with van der Waals surface area (Å²) in [6, 6.07) is 0. The molecule has 0 saturated carbocycles. The number of carbonyl (C=O) groups excluding carboxylic acids is 2. The predicted molar refractivity (Wildman–Crippen MR) is 62.8 cm³/mol. The van der Waals surface area contributed by atoms with Gasteiger partial charge < -0.3 is 4.79 Å². The molecule has 0 saturated heterocycles. The van der Waals surface area contributed by atoms with Gasteiger partial charge in [-0.15, -0.1) is 0 Å². The highest BCUT2D eigenvalue weighted by Crippen LogP contribution is 2.15. The van der Waals surface area contributed by atoms with Gasteiger partial charge in [-0.1, -0.05) is 33.6 Å². The van der Waals surface area contributed by atoms with Crippen LogP contribution in [-0.2, 0) is 9.59 Å². The summed E-state index contributed by atoms with van der Waals surface area (Å²) in [7, 11) is 0. The van der Waals surface area contributed by atoms with Crippen LogP contribution >= 0.6 is 0 Å². The lowest BCUT2D eigenvalue weighted by Crippen LogP contribution is -2.11. The van der Waals surface area contributed by atoms with Crippen molar-refractivity contribution in [3.63, 3.8) is 0 Å². The highest BCUT2D eigenvalue weighted by atomic mass is 16.1. The summed E-state index contributed by atoms with van der Waals surface area (Å²) >= 11 is 0. The van der Waals surface area contributed by atoms with Crippen LogP contribution in [0, 0.1) is 11.8 Å². The summed E-state index contributed by atoms with van der Waals surface area (Å²) in [5, 5.41) is 0. The lowest BCUT2D eigenvalue weighted by molar-refractivity contribution is -0.122. The van der Waals surface area contributed by atoms with E-state index in [1.807, 2.05) is 6.92 Å². The van der Waals surface area contributed by atoms with E-state index in [1.165, 1.54) is 6.42 Å². The molecule has 0 rings (SSSR count). The second-order valence-electron chi connectivity index (χ2n) is 4.75. The van der Waals surface area contributed by atoms with Crippen molar-refractivity contribution in [3.05, 3.63) is 0 Å². The van der Waals surface area contributed by atoms with Crippen molar-refractivity contribution in [1.82, 2.24) is 0 Å². The van der Waals surface area contributed by atoms with Crippen LogP contribution in [0.5, 0.6) is 0 Å². The van der Waals surface area contributed by atoms with Gasteiger partial charge in [0.1, 0.15) is 12.1 Å². The molecular formula is C13H24O2. The van der Waals surface area contributed by atoms with Crippen LogP contribution < -0.4 is 0 Å². The molecule has 0 aromatic carbocycles. The number of ketones is 1. The number of hydrogen-bond acceptors (Lipinski definition) is 2. The second kappa shape index (κ2) is 8.63. The minimum atomic E-state index is 0.176. The van der Waals surface area contributed by atoms with Gasteiger partial charge in [0.2, 0.25) is 0 Å². The molecule has 0 radical (unpaired) electrons. The molecule has 1 unspecified atom stereocenters. The molecule has 0 aliphatic heterocycles. The Morgan fingerprint density at radius 3 is 2.33 bits per heavy atom. The molecule has 15 heavy (non-hydrogen) atoms. The number of rotatable bonds is 9. The standard InChI is InChI=1S/C13H24O2/c1-11(2)7-6-8-12(3)13(15)9-4-5-10-14/h10-12H,4-9H2,1-3H3. The Kier molecular flexibility index (Phi) is 8.25. The van der Waals surface area contributed by atoms with Crippen molar-refractivity contribution in [2.24, 2.45) is 11.8 Å². The van der Waals surface area contributed by atoms with Crippen LogP contribution in [0.2, 0.25) is 0 Å². The summed E-state index contributed by atoms with van der Waals surface area (Å²) in [6.07, 6.45) is 6.03. The smallest absolute Gasteiger partial charge is 0.135 e. The molecule has 0 fully saturated rings. The minimum Gasteiger partial charge on any atom is -0.303 e. The van der Waals surface area contributed by atoms with E-state index in [1.54, 1.807) is 0 Å². The maximum Gasteiger partial charge on any atom is 0.135 e. The number of hydrogen-bond donors (Lipinski definition) is 0. The van der Waals surface area contributed by atoms with Crippen molar-refractivity contribution in [2.75, 3.05) is 0 Å². The first kappa shape index (κ1) is 14.3. The lowest BCUT2D eigenvalue weighted by Gasteiger charge is -2.10. The summed E-state index contributed by atoms with van der Waals surface area (Å²) in [6.45, 7) is 6.41. The first-order chi connectivity index (χ1) is 7.07. The zero-order valence-corrected chi connectivity index (χ0v) is 10.3. The third-order valence-electron chi connectivity index (χ3n) is 2.71. The van der Waals surface area contributed by atoms with E-state index >= 15 is 0 Å². The SMILES string of the molecule is CC(C)CCCC(C)C(=O)CCCC=O. The zero-order chi connectivity index (χ0) is 11.7. The maximum atomic E-state index is 11.6. The zero-order valence-electron chi connectivity index (χ0n) is 10.3. The fourth-order valence-corrected chi connectivity index (χ4v) is 1.60. The lowest BCUT2D eigenvalue weighted by atomic mass is 9.94. The first-order valence-electron chi connectivity index (χ1n) is 6.04. The van der Waals surface area contributed by atoms with Crippen LogP contribution in [0.25, 0.3) is 0 Å². The van der Waals surface area contributed by atoms with Crippen LogP contribution in [-0.4, -0.2) is 12.1 Å². The third kappa shape index (κ3) is 8.34. The van der Waals surface area contributed by atoms with E-state index in [2.05, 4.69) is 13.8 Å². The highest BCUT2D eigenvalue weighted by molar-refractivity contribution is 5.80. The summed E-state index contributed by atoms with van der Waals surface area (Å²) in [5.74, 6) is 1.22. The van der Waals surface area contributed by atoms with Gasteiger partial charge in [-0.2, -0.15) is 0 Å². The first-order valence-corrected chi connectivity index (χ1v) is 6.04. The van der Waals surface area contributed by atoms with Crippen molar-refractivity contribution >= 4 is 12.1 Å². The van der Waals surface area contributed by atoms with Crippen molar-refractivity contribution in [3.8, 4) is 0 Å². The number of aldehydes is 1. The van der Waals surface area contributed by atoms with Gasteiger partial charge >= 0.3 is 0 Å². The Bertz CT molecular complexity index is 185. The molecule has 0 aliphatic rings. The number of unbranched alkanes of at least 4 members (excludes halogenated alkanes) is 1. The molecule has 0 aliphatic carbocycles. The largest absolute Gasteiger partial charge is 0.303 e. The van der Waals surface area contributed by atoms with Crippen molar-refractivity contribution in [1.29, 1.82) is 0 Å². The molecule has 88 valence electrons. The number of carbonyl (C=O) groups is 2. The van der Waals surface area contributed by atoms with Gasteiger partial charge in [0.05, 0.1) is 0 Å².